The second-order valence-corrected chi connectivity index (χ2v) is 7.54. The van der Waals surface area contributed by atoms with Crippen LogP contribution in [0, 0.1) is 0 Å². The van der Waals surface area contributed by atoms with Gasteiger partial charge in [-0.25, -0.2) is 0 Å². The number of hydrogen-bond acceptors (Lipinski definition) is 6. The Labute approximate surface area is 167 Å². The molecule has 1 aliphatic rings. The van der Waals surface area contributed by atoms with E-state index < -0.39 is 0 Å². The van der Waals surface area contributed by atoms with Crippen LogP contribution >= 0.6 is 24.0 Å². The van der Waals surface area contributed by atoms with Crippen LogP contribution in [0.3, 0.4) is 0 Å². The van der Waals surface area contributed by atoms with Crippen molar-refractivity contribution in [2.24, 2.45) is 0 Å². The Hall–Kier alpha value is -2.16. The lowest BCUT2D eigenvalue weighted by Crippen LogP contribution is -2.31. The molecule has 1 aromatic heterocycles. The highest BCUT2D eigenvalue weighted by Gasteiger charge is 2.31. The molecular weight excluding hydrogens is 384 g/mol. The first-order valence-electron chi connectivity index (χ1n) is 8.53. The predicted octanol–water partition coefficient (Wildman–Crippen LogP) is 3.05. The lowest BCUT2D eigenvalue weighted by atomic mass is 10.1. The highest BCUT2D eigenvalue weighted by atomic mass is 32.2. The molecule has 6 nitrogen and oxygen atoms in total. The van der Waals surface area contributed by atoms with Gasteiger partial charge in [0.25, 0.3) is 5.91 Å². The summed E-state index contributed by atoms with van der Waals surface area (Å²) in [6.45, 7) is 3.11. The van der Waals surface area contributed by atoms with E-state index in [2.05, 4.69) is 0 Å². The van der Waals surface area contributed by atoms with Gasteiger partial charge in [0.15, 0.2) is 0 Å². The minimum Gasteiger partial charge on any atom is -0.465 e. The summed E-state index contributed by atoms with van der Waals surface area (Å²) in [4.78, 5) is 26.7. The summed E-state index contributed by atoms with van der Waals surface area (Å²) in [5, 5.41) is 0.962. The van der Waals surface area contributed by atoms with Crippen molar-refractivity contribution in [2.45, 2.75) is 13.5 Å². The summed E-state index contributed by atoms with van der Waals surface area (Å²) in [7, 11) is 1.59. The number of benzene rings is 1. The Kier molecular flexibility index (Phi) is 6.30. The molecule has 8 heteroatoms. The molecule has 1 saturated heterocycles. The van der Waals surface area contributed by atoms with Gasteiger partial charge in [-0.1, -0.05) is 42.2 Å². The number of hydrogen-bond donors (Lipinski definition) is 0. The number of amides is 1. The van der Waals surface area contributed by atoms with Crippen molar-refractivity contribution in [1.29, 1.82) is 0 Å². The van der Waals surface area contributed by atoms with Gasteiger partial charge in [-0.15, -0.1) is 0 Å². The minimum atomic E-state index is -0.296. The normalized spacial score (nSPS) is 15.9. The van der Waals surface area contributed by atoms with E-state index in [1.54, 1.807) is 18.9 Å². The van der Waals surface area contributed by atoms with Crippen molar-refractivity contribution in [3.8, 4) is 0 Å². The zero-order chi connectivity index (χ0) is 19.4. The third kappa shape index (κ3) is 4.23. The Morgan fingerprint density at radius 2 is 2.11 bits per heavy atom. The monoisotopic (exact) mass is 404 g/mol. The van der Waals surface area contributed by atoms with Crippen LogP contribution in [0.15, 0.2) is 35.4 Å². The molecule has 0 N–H and O–H groups in total. The summed E-state index contributed by atoms with van der Waals surface area (Å²) < 4.78 is 12.5. The fraction of sp³-hybridized carbons (Fsp3) is 0.316. The predicted molar refractivity (Wildman–Crippen MR) is 110 cm³/mol. The first-order chi connectivity index (χ1) is 13.0. The van der Waals surface area contributed by atoms with Crippen molar-refractivity contribution in [1.82, 2.24) is 9.47 Å². The number of para-hydroxylation sites is 1. The molecule has 27 heavy (non-hydrogen) atoms. The first-order valence-corrected chi connectivity index (χ1v) is 9.75. The van der Waals surface area contributed by atoms with Gasteiger partial charge >= 0.3 is 5.97 Å². The van der Waals surface area contributed by atoms with Crippen LogP contribution in [0.5, 0.6) is 0 Å². The van der Waals surface area contributed by atoms with Gasteiger partial charge in [-0.05, 0) is 19.1 Å². The van der Waals surface area contributed by atoms with Gasteiger partial charge in [-0.2, -0.15) is 0 Å². The average Bonchev–Trinajstić information content (AvgIpc) is 3.12. The van der Waals surface area contributed by atoms with Crippen molar-refractivity contribution >= 4 is 57.2 Å². The number of carbonyl (C=O) groups is 2. The molecule has 0 radical (unpaired) electrons. The molecule has 142 valence electrons. The van der Waals surface area contributed by atoms with Gasteiger partial charge in [0.2, 0.25) is 0 Å². The maximum Gasteiger partial charge on any atom is 0.325 e. The van der Waals surface area contributed by atoms with Crippen LogP contribution in [0.1, 0.15) is 12.5 Å². The average molecular weight is 405 g/mol. The van der Waals surface area contributed by atoms with Gasteiger partial charge in [-0.3, -0.25) is 14.5 Å². The molecule has 1 aliphatic heterocycles. The van der Waals surface area contributed by atoms with Crippen LogP contribution in [0.2, 0.25) is 0 Å². The van der Waals surface area contributed by atoms with Gasteiger partial charge in [0.1, 0.15) is 10.9 Å². The van der Waals surface area contributed by atoms with Crippen LogP contribution in [0.25, 0.3) is 17.0 Å². The van der Waals surface area contributed by atoms with E-state index in [1.807, 2.05) is 41.1 Å². The molecule has 1 amide bonds. The number of thiocarbonyl (C=S) groups is 1. The van der Waals surface area contributed by atoms with Gasteiger partial charge < -0.3 is 14.0 Å². The van der Waals surface area contributed by atoms with Crippen molar-refractivity contribution in [2.75, 3.05) is 26.9 Å². The topological polar surface area (TPSA) is 60.8 Å². The molecular formula is C19H20N2O4S2. The van der Waals surface area contributed by atoms with E-state index in [4.69, 9.17) is 21.7 Å². The highest BCUT2D eigenvalue weighted by molar-refractivity contribution is 8.26. The number of carbonyl (C=O) groups excluding carboxylic acids is 2. The van der Waals surface area contributed by atoms with Crippen LogP contribution in [-0.4, -0.2) is 52.5 Å². The third-order valence-electron chi connectivity index (χ3n) is 4.10. The number of nitrogens with zero attached hydrogens (tertiary/aromatic N) is 2. The Balaban J connectivity index is 1.93. The van der Waals surface area contributed by atoms with E-state index in [0.717, 1.165) is 16.5 Å². The summed E-state index contributed by atoms with van der Waals surface area (Å²) in [6, 6.07) is 7.75. The standard InChI is InChI=1S/C19H20N2O4S2/c1-3-25-17(22)12-20-11-13(14-6-4-5-7-15(14)20)10-16-18(23)21(8-9-24-2)19(26)27-16/h4-7,10-11H,3,8-9,12H2,1-2H3/b16-10-. The number of fused-ring (bicyclic) bond motifs is 1. The number of esters is 1. The summed E-state index contributed by atoms with van der Waals surface area (Å²) in [5.74, 6) is -0.417. The lowest BCUT2D eigenvalue weighted by molar-refractivity contribution is -0.143. The molecule has 0 spiro atoms. The van der Waals surface area contributed by atoms with Crippen LogP contribution in [0.4, 0.5) is 0 Å². The van der Waals surface area contributed by atoms with E-state index in [9.17, 15) is 9.59 Å². The van der Waals surface area contributed by atoms with E-state index >= 15 is 0 Å². The molecule has 2 heterocycles. The second kappa shape index (κ2) is 8.69. The fourth-order valence-corrected chi connectivity index (χ4v) is 4.18. The van der Waals surface area contributed by atoms with E-state index in [-0.39, 0.29) is 18.4 Å². The van der Waals surface area contributed by atoms with Crippen molar-refractivity contribution in [3.05, 3.63) is 40.9 Å². The molecule has 2 aromatic rings. The lowest BCUT2D eigenvalue weighted by Gasteiger charge is -2.12. The van der Waals surface area contributed by atoms with Crippen LogP contribution < -0.4 is 0 Å². The zero-order valence-electron chi connectivity index (χ0n) is 15.1. The van der Waals surface area contributed by atoms with Crippen molar-refractivity contribution in [3.63, 3.8) is 0 Å². The molecule has 0 aliphatic carbocycles. The largest absolute Gasteiger partial charge is 0.465 e. The molecule has 3 rings (SSSR count). The summed E-state index contributed by atoms with van der Waals surface area (Å²) >= 11 is 6.60. The molecule has 1 fully saturated rings. The zero-order valence-corrected chi connectivity index (χ0v) is 16.8. The Bertz CT molecular complexity index is 920. The number of thioether (sulfide) groups is 1. The summed E-state index contributed by atoms with van der Waals surface area (Å²) in [6.07, 6.45) is 3.69. The second-order valence-electron chi connectivity index (χ2n) is 5.86. The molecule has 0 saturated carbocycles. The fourth-order valence-electron chi connectivity index (χ4n) is 2.88. The SMILES string of the molecule is CCOC(=O)Cn1cc(/C=C2\SC(=S)N(CCOC)C2=O)c2ccccc21. The molecule has 0 unspecified atom stereocenters. The minimum absolute atomic E-state index is 0.121. The van der Waals surface area contributed by atoms with Crippen molar-refractivity contribution < 1.29 is 19.1 Å². The van der Waals surface area contributed by atoms with E-state index in [1.165, 1.54) is 11.8 Å². The Morgan fingerprint density at radius 1 is 1.33 bits per heavy atom. The van der Waals surface area contributed by atoms with E-state index in [0.29, 0.717) is 29.0 Å². The maximum absolute atomic E-state index is 12.6. The molecule has 0 bridgehead atoms. The van der Waals surface area contributed by atoms with Crippen LogP contribution in [-0.2, 0) is 25.6 Å². The molecule has 1 aromatic carbocycles. The number of methoxy groups -OCH3 is 1. The Morgan fingerprint density at radius 3 is 2.85 bits per heavy atom. The first kappa shape index (κ1) is 19.6. The van der Waals surface area contributed by atoms with Gasteiger partial charge in [0, 0.05) is 29.8 Å². The quantitative estimate of drug-likeness (QED) is 0.402. The third-order valence-corrected chi connectivity index (χ3v) is 5.48. The summed E-state index contributed by atoms with van der Waals surface area (Å²) in [5.41, 5.74) is 1.77. The number of aromatic nitrogens is 1. The smallest absolute Gasteiger partial charge is 0.325 e. The number of rotatable bonds is 7. The number of ether oxygens (including phenoxy) is 2. The highest BCUT2D eigenvalue weighted by Crippen LogP contribution is 2.34. The maximum atomic E-state index is 12.6. The molecule has 0 atom stereocenters. The van der Waals surface area contributed by atoms with Gasteiger partial charge in [0.05, 0.1) is 24.7 Å².